The van der Waals surface area contributed by atoms with Crippen molar-refractivity contribution < 1.29 is 18.0 Å². The van der Waals surface area contributed by atoms with Crippen LogP contribution in [-0.4, -0.2) is 49.0 Å². The van der Waals surface area contributed by atoms with Crippen LogP contribution in [0.2, 0.25) is 0 Å². The van der Waals surface area contributed by atoms with Gasteiger partial charge in [-0.25, -0.2) is 0 Å². The summed E-state index contributed by atoms with van der Waals surface area (Å²) < 4.78 is 37.8. The van der Waals surface area contributed by atoms with Crippen LogP contribution in [0.3, 0.4) is 0 Å². The largest absolute Gasteiger partial charge is 0.416 e. The highest BCUT2D eigenvalue weighted by atomic mass is 19.4. The summed E-state index contributed by atoms with van der Waals surface area (Å²) in [4.78, 5) is 20.9. The topological polar surface area (TPSA) is 48.5 Å². The van der Waals surface area contributed by atoms with Gasteiger partial charge in [0, 0.05) is 38.1 Å². The lowest BCUT2D eigenvalue weighted by Crippen LogP contribution is -2.44. The molecule has 1 aromatic carbocycles. The Morgan fingerprint density at radius 3 is 2.35 bits per heavy atom. The number of alkyl halides is 3. The van der Waals surface area contributed by atoms with E-state index in [1.807, 2.05) is 0 Å². The van der Waals surface area contributed by atoms with Gasteiger partial charge in [-0.1, -0.05) is 0 Å². The molecule has 1 N–H and O–H groups in total. The maximum Gasteiger partial charge on any atom is 0.416 e. The van der Waals surface area contributed by atoms with Crippen molar-refractivity contribution in [2.24, 2.45) is 0 Å². The summed E-state index contributed by atoms with van der Waals surface area (Å²) in [5.74, 6) is -0.409. The highest BCUT2D eigenvalue weighted by Crippen LogP contribution is 2.30. The van der Waals surface area contributed by atoms with Crippen LogP contribution in [0.1, 0.15) is 15.9 Å². The van der Waals surface area contributed by atoms with E-state index >= 15 is 0 Å². The second-order valence-electron chi connectivity index (χ2n) is 6.25. The monoisotopic (exact) mass is 364 g/mol. The summed E-state index contributed by atoms with van der Waals surface area (Å²) >= 11 is 0. The van der Waals surface area contributed by atoms with E-state index in [4.69, 9.17) is 0 Å². The Morgan fingerprint density at radius 2 is 1.73 bits per heavy atom. The highest BCUT2D eigenvalue weighted by Gasteiger charge is 2.30. The van der Waals surface area contributed by atoms with Crippen molar-refractivity contribution >= 4 is 17.3 Å². The standard InChI is InChI=1S/C18H19F3N4O/c1-24-6-8-25(9-7-24)16-10-13(11-22-12-16)17(26)23-15-4-2-14(3-5-15)18(19,20)21/h2-5,10-12H,6-9H2,1H3,(H,23,26). The van der Waals surface area contributed by atoms with Crippen molar-refractivity contribution in [3.8, 4) is 0 Å². The Labute approximate surface area is 149 Å². The Balaban J connectivity index is 1.69. The number of hydrogen-bond donors (Lipinski definition) is 1. The number of halogens is 3. The van der Waals surface area contributed by atoms with E-state index in [2.05, 4.69) is 27.1 Å². The summed E-state index contributed by atoms with van der Waals surface area (Å²) in [6, 6.07) is 6.09. The predicted octanol–water partition coefficient (Wildman–Crippen LogP) is 3.10. The number of nitrogens with one attached hydrogen (secondary N) is 1. The van der Waals surface area contributed by atoms with Gasteiger partial charge in [-0.2, -0.15) is 13.2 Å². The van der Waals surface area contributed by atoms with Gasteiger partial charge in [0.2, 0.25) is 0 Å². The average Bonchev–Trinajstić information content (AvgIpc) is 2.62. The third-order valence-corrected chi connectivity index (χ3v) is 4.32. The van der Waals surface area contributed by atoms with Crippen LogP contribution in [0, 0.1) is 0 Å². The number of piperazine rings is 1. The first-order valence-electron chi connectivity index (χ1n) is 8.20. The number of likely N-dealkylation sites (N-methyl/N-ethyl adjacent to an activating group) is 1. The molecule has 3 rings (SSSR count). The second-order valence-corrected chi connectivity index (χ2v) is 6.25. The number of pyridine rings is 1. The molecule has 1 aliphatic rings. The van der Waals surface area contributed by atoms with Crippen LogP contribution in [0.5, 0.6) is 0 Å². The molecule has 0 saturated carbocycles. The van der Waals surface area contributed by atoms with Crippen molar-refractivity contribution in [2.45, 2.75) is 6.18 Å². The molecule has 0 spiro atoms. The molecule has 2 aromatic rings. The minimum absolute atomic E-state index is 0.299. The third-order valence-electron chi connectivity index (χ3n) is 4.32. The molecule has 8 heteroatoms. The maximum absolute atomic E-state index is 12.6. The lowest BCUT2D eigenvalue weighted by molar-refractivity contribution is -0.137. The van der Waals surface area contributed by atoms with Gasteiger partial charge < -0.3 is 15.1 Å². The lowest BCUT2D eigenvalue weighted by Gasteiger charge is -2.33. The minimum atomic E-state index is -4.40. The van der Waals surface area contributed by atoms with Gasteiger partial charge in [-0.15, -0.1) is 0 Å². The van der Waals surface area contributed by atoms with Gasteiger partial charge in [0.1, 0.15) is 0 Å². The van der Waals surface area contributed by atoms with Crippen LogP contribution in [0.4, 0.5) is 24.5 Å². The minimum Gasteiger partial charge on any atom is -0.368 e. The fourth-order valence-electron chi connectivity index (χ4n) is 2.74. The fourth-order valence-corrected chi connectivity index (χ4v) is 2.74. The third kappa shape index (κ3) is 4.32. The SMILES string of the molecule is CN1CCN(c2cncc(C(=O)Nc3ccc(C(F)(F)F)cc3)c2)CC1. The number of aromatic nitrogens is 1. The van der Waals surface area contributed by atoms with Gasteiger partial charge >= 0.3 is 6.18 Å². The zero-order chi connectivity index (χ0) is 18.7. The summed E-state index contributed by atoms with van der Waals surface area (Å²) in [7, 11) is 2.06. The molecule has 0 unspecified atom stereocenters. The molecule has 26 heavy (non-hydrogen) atoms. The van der Waals surface area contributed by atoms with Gasteiger partial charge in [0.15, 0.2) is 0 Å². The number of benzene rings is 1. The molecule has 0 bridgehead atoms. The summed E-state index contributed by atoms with van der Waals surface area (Å²) in [6.45, 7) is 3.56. The maximum atomic E-state index is 12.6. The number of amides is 1. The van der Waals surface area contributed by atoms with Crippen LogP contribution < -0.4 is 10.2 Å². The summed E-state index contributed by atoms with van der Waals surface area (Å²) in [5.41, 5.74) is 0.765. The first kappa shape index (κ1) is 18.2. The van der Waals surface area contributed by atoms with Gasteiger partial charge in [-0.3, -0.25) is 9.78 Å². The summed E-state index contributed by atoms with van der Waals surface area (Å²) in [5, 5.41) is 2.60. The number of rotatable bonds is 3. The van der Waals surface area contributed by atoms with Crippen LogP contribution in [0.25, 0.3) is 0 Å². The van der Waals surface area contributed by atoms with E-state index in [1.54, 1.807) is 12.3 Å². The van der Waals surface area contributed by atoms with Crippen LogP contribution in [0.15, 0.2) is 42.7 Å². The van der Waals surface area contributed by atoms with E-state index in [0.717, 1.165) is 44.0 Å². The normalized spacial score (nSPS) is 15.8. The van der Waals surface area contributed by atoms with Crippen molar-refractivity contribution in [3.63, 3.8) is 0 Å². The number of nitrogens with zero attached hydrogens (tertiary/aromatic N) is 3. The molecule has 1 saturated heterocycles. The number of hydrogen-bond acceptors (Lipinski definition) is 4. The zero-order valence-electron chi connectivity index (χ0n) is 14.3. The van der Waals surface area contributed by atoms with Crippen LogP contribution in [-0.2, 0) is 6.18 Å². The van der Waals surface area contributed by atoms with E-state index in [-0.39, 0.29) is 0 Å². The Morgan fingerprint density at radius 1 is 1.08 bits per heavy atom. The van der Waals surface area contributed by atoms with Crippen molar-refractivity contribution in [3.05, 3.63) is 53.9 Å². The fraction of sp³-hybridized carbons (Fsp3) is 0.333. The van der Waals surface area contributed by atoms with E-state index in [0.29, 0.717) is 11.3 Å². The van der Waals surface area contributed by atoms with Crippen molar-refractivity contribution in [1.29, 1.82) is 0 Å². The first-order chi connectivity index (χ1) is 12.3. The van der Waals surface area contributed by atoms with Crippen LogP contribution >= 0.6 is 0 Å². The molecule has 0 radical (unpaired) electrons. The van der Waals surface area contributed by atoms with Gasteiger partial charge in [0.05, 0.1) is 23.0 Å². The Kier molecular flexibility index (Phi) is 5.13. The Hall–Kier alpha value is -2.61. The average molecular weight is 364 g/mol. The molecule has 0 aliphatic carbocycles. The molecular formula is C18H19F3N4O. The molecule has 0 atom stereocenters. The zero-order valence-corrected chi connectivity index (χ0v) is 14.3. The highest BCUT2D eigenvalue weighted by molar-refractivity contribution is 6.04. The van der Waals surface area contributed by atoms with E-state index in [1.165, 1.54) is 18.3 Å². The molecule has 1 aromatic heterocycles. The van der Waals surface area contributed by atoms with Gasteiger partial charge in [0.25, 0.3) is 5.91 Å². The van der Waals surface area contributed by atoms with E-state index in [9.17, 15) is 18.0 Å². The van der Waals surface area contributed by atoms with E-state index < -0.39 is 17.6 Å². The smallest absolute Gasteiger partial charge is 0.368 e. The summed E-state index contributed by atoms with van der Waals surface area (Å²) in [6.07, 6.45) is -1.25. The van der Waals surface area contributed by atoms with Gasteiger partial charge in [-0.05, 0) is 37.4 Å². The molecule has 1 amide bonds. The predicted molar refractivity (Wildman–Crippen MR) is 93.3 cm³/mol. The molecular weight excluding hydrogens is 345 g/mol. The second kappa shape index (κ2) is 7.33. The number of carbonyl (C=O) groups excluding carboxylic acids is 1. The first-order valence-corrected chi connectivity index (χ1v) is 8.20. The van der Waals surface area contributed by atoms with Crippen molar-refractivity contribution in [1.82, 2.24) is 9.88 Å². The quantitative estimate of drug-likeness (QED) is 0.909. The molecule has 2 heterocycles. The number of anilines is 2. The number of carbonyl (C=O) groups is 1. The molecule has 1 fully saturated rings. The molecule has 5 nitrogen and oxygen atoms in total. The Bertz CT molecular complexity index is 769. The lowest BCUT2D eigenvalue weighted by atomic mass is 10.2. The molecule has 138 valence electrons. The molecule has 1 aliphatic heterocycles. The van der Waals surface area contributed by atoms with Crippen molar-refractivity contribution in [2.75, 3.05) is 43.4 Å².